The van der Waals surface area contributed by atoms with E-state index in [-0.39, 0.29) is 15.7 Å². The Kier molecular flexibility index (Phi) is 4.88. The van der Waals surface area contributed by atoms with Crippen molar-refractivity contribution in [2.24, 2.45) is 0 Å². The number of aromatic nitrogens is 1. The molecule has 0 unspecified atom stereocenters. The summed E-state index contributed by atoms with van der Waals surface area (Å²) in [5.41, 5.74) is 2.06. The molecule has 2 heterocycles. The lowest BCUT2D eigenvalue weighted by atomic mass is 10.1. The molecule has 0 atom stereocenters. The number of phenolic OH excluding ortho intramolecular Hbond substituents is 1. The summed E-state index contributed by atoms with van der Waals surface area (Å²) in [5.74, 6) is -0.132. The van der Waals surface area contributed by atoms with Gasteiger partial charge < -0.3 is 9.84 Å². The van der Waals surface area contributed by atoms with Crippen molar-refractivity contribution in [2.45, 2.75) is 11.3 Å². The number of hydrogen-bond donors (Lipinski definition) is 1. The van der Waals surface area contributed by atoms with Gasteiger partial charge in [0.05, 0.1) is 28.6 Å². The Bertz CT molecular complexity index is 787. The van der Waals surface area contributed by atoms with Crippen molar-refractivity contribution in [3.63, 3.8) is 0 Å². The van der Waals surface area contributed by atoms with E-state index in [1.54, 1.807) is 11.7 Å². The summed E-state index contributed by atoms with van der Waals surface area (Å²) in [5, 5.41) is 9.92. The second-order valence-electron chi connectivity index (χ2n) is 5.04. The number of hydrogen-bond acceptors (Lipinski definition) is 6. The second kappa shape index (κ2) is 6.74. The fourth-order valence-corrected chi connectivity index (χ4v) is 4.95. The number of phenols is 1. The molecule has 1 saturated heterocycles. The van der Waals surface area contributed by atoms with Crippen LogP contribution < -0.4 is 0 Å². The topological polar surface area (TPSA) is 79.7 Å². The lowest BCUT2D eigenvalue weighted by Gasteiger charge is -2.27. The predicted molar refractivity (Wildman–Crippen MR) is 87.6 cm³/mol. The van der Waals surface area contributed by atoms with Crippen molar-refractivity contribution in [1.82, 2.24) is 9.29 Å². The molecule has 23 heavy (non-hydrogen) atoms. The third kappa shape index (κ3) is 3.36. The van der Waals surface area contributed by atoms with E-state index < -0.39 is 10.0 Å². The zero-order valence-electron chi connectivity index (χ0n) is 12.1. The second-order valence-corrected chi connectivity index (χ2v) is 8.29. The highest BCUT2D eigenvalue weighted by molar-refractivity contribution is 7.89. The fourth-order valence-electron chi connectivity index (χ4n) is 2.43. The van der Waals surface area contributed by atoms with E-state index >= 15 is 0 Å². The summed E-state index contributed by atoms with van der Waals surface area (Å²) in [6.45, 7) is 1.35. The third-order valence-corrected chi connectivity index (χ3v) is 6.79. The van der Waals surface area contributed by atoms with Crippen LogP contribution in [0.4, 0.5) is 0 Å². The lowest BCUT2D eigenvalue weighted by molar-refractivity contribution is 0.0730. The van der Waals surface area contributed by atoms with Crippen LogP contribution >= 0.6 is 22.9 Å². The Labute approximate surface area is 143 Å². The molecule has 1 N–H and O–H groups in total. The van der Waals surface area contributed by atoms with Gasteiger partial charge in [-0.15, -0.1) is 11.3 Å². The molecule has 1 aliphatic rings. The van der Waals surface area contributed by atoms with E-state index in [0.29, 0.717) is 38.3 Å². The van der Waals surface area contributed by atoms with Gasteiger partial charge in [-0.25, -0.2) is 8.42 Å². The number of nitrogens with zero attached hydrogens (tertiary/aromatic N) is 2. The molecule has 0 radical (unpaired) electrons. The average molecular weight is 375 g/mol. The number of aromatic hydroxyl groups is 1. The summed E-state index contributed by atoms with van der Waals surface area (Å²) >= 11 is 7.59. The standard InChI is InChI=1S/C14H15ClN2O4S2/c15-14-11(7-10-8-16-9-22-10)13(2-1-12(14)18)23(19,20)17-3-5-21-6-4-17/h1-2,8-9,18H,3-7H2. The molecule has 0 spiro atoms. The SMILES string of the molecule is O=S(=O)(c1ccc(O)c(Cl)c1Cc1cncs1)N1CCOCC1. The van der Waals surface area contributed by atoms with E-state index in [4.69, 9.17) is 16.3 Å². The van der Waals surface area contributed by atoms with Crippen molar-refractivity contribution in [3.8, 4) is 5.75 Å². The maximum absolute atomic E-state index is 12.9. The normalized spacial score (nSPS) is 16.6. The van der Waals surface area contributed by atoms with Crippen LogP contribution in [0.15, 0.2) is 28.7 Å². The highest BCUT2D eigenvalue weighted by Crippen LogP contribution is 2.35. The van der Waals surface area contributed by atoms with Gasteiger partial charge in [-0.1, -0.05) is 11.6 Å². The van der Waals surface area contributed by atoms with Crippen molar-refractivity contribution >= 4 is 33.0 Å². The highest BCUT2D eigenvalue weighted by atomic mass is 35.5. The van der Waals surface area contributed by atoms with Crippen LogP contribution in [0.2, 0.25) is 5.02 Å². The van der Waals surface area contributed by atoms with Gasteiger partial charge in [-0.3, -0.25) is 4.98 Å². The van der Waals surface area contributed by atoms with Crippen molar-refractivity contribution < 1.29 is 18.3 Å². The molecule has 1 fully saturated rings. The molecule has 1 aliphatic heterocycles. The number of sulfonamides is 1. The molecule has 0 amide bonds. The molecule has 2 aromatic rings. The quantitative estimate of drug-likeness (QED) is 0.886. The van der Waals surface area contributed by atoms with Gasteiger partial charge in [-0.2, -0.15) is 4.31 Å². The fraction of sp³-hybridized carbons (Fsp3) is 0.357. The van der Waals surface area contributed by atoms with E-state index in [9.17, 15) is 13.5 Å². The third-order valence-electron chi connectivity index (χ3n) is 3.60. The van der Waals surface area contributed by atoms with Crippen LogP contribution in [0.25, 0.3) is 0 Å². The zero-order chi connectivity index (χ0) is 16.4. The Hall–Kier alpha value is -1.19. The molecule has 0 saturated carbocycles. The molecule has 9 heteroatoms. The van der Waals surface area contributed by atoms with Crippen molar-refractivity contribution in [2.75, 3.05) is 26.3 Å². The predicted octanol–water partition coefficient (Wildman–Crippen LogP) is 2.11. The first kappa shape index (κ1) is 16.7. The first-order valence-corrected chi connectivity index (χ1v) is 9.65. The van der Waals surface area contributed by atoms with Gasteiger partial charge in [0.15, 0.2) is 0 Å². The first-order valence-electron chi connectivity index (χ1n) is 6.96. The van der Waals surface area contributed by atoms with Gasteiger partial charge in [-0.05, 0) is 17.7 Å². The number of thiazole rings is 1. The maximum atomic E-state index is 12.9. The van der Waals surface area contributed by atoms with Gasteiger partial charge in [0.25, 0.3) is 0 Å². The molecule has 0 aliphatic carbocycles. The van der Waals surface area contributed by atoms with E-state index in [1.807, 2.05) is 0 Å². The number of morpholine rings is 1. The number of benzene rings is 1. The minimum Gasteiger partial charge on any atom is -0.506 e. The average Bonchev–Trinajstić information content (AvgIpc) is 3.06. The Morgan fingerprint density at radius 3 is 2.74 bits per heavy atom. The van der Waals surface area contributed by atoms with Crippen LogP contribution in [0, 0.1) is 0 Å². The Morgan fingerprint density at radius 1 is 1.35 bits per heavy atom. The van der Waals surface area contributed by atoms with Crippen molar-refractivity contribution in [1.29, 1.82) is 0 Å². The van der Waals surface area contributed by atoms with Crippen LogP contribution in [0.3, 0.4) is 0 Å². The molecule has 124 valence electrons. The first-order chi connectivity index (χ1) is 11.0. The summed E-state index contributed by atoms with van der Waals surface area (Å²) < 4.78 is 32.4. The van der Waals surface area contributed by atoms with Gasteiger partial charge in [0, 0.05) is 30.6 Å². The summed E-state index contributed by atoms with van der Waals surface area (Å²) in [4.78, 5) is 4.98. The molecule has 0 bridgehead atoms. The van der Waals surface area contributed by atoms with Gasteiger partial charge in [0.1, 0.15) is 5.75 Å². The van der Waals surface area contributed by atoms with E-state index in [2.05, 4.69) is 4.98 Å². The number of rotatable bonds is 4. The lowest BCUT2D eigenvalue weighted by Crippen LogP contribution is -2.40. The van der Waals surface area contributed by atoms with Crippen LogP contribution in [0.1, 0.15) is 10.4 Å². The van der Waals surface area contributed by atoms with E-state index in [1.165, 1.54) is 27.8 Å². The minimum atomic E-state index is -3.69. The maximum Gasteiger partial charge on any atom is 0.243 e. The molecule has 3 rings (SSSR count). The van der Waals surface area contributed by atoms with Gasteiger partial charge in [0.2, 0.25) is 10.0 Å². The summed E-state index contributed by atoms with van der Waals surface area (Å²) in [7, 11) is -3.69. The smallest absolute Gasteiger partial charge is 0.243 e. The minimum absolute atomic E-state index is 0.0627. The highest BCUT2D eigenvalue weighted by Gasteiger charge is 2.30. The van der Waals surface area contributed by atoms with Crippen molar-refractivity contribution in [3.05, 3.63) is 39.3 Å². The molecular weight excluding hydrogens is 360 g/mol. The van der Waals surface area contributed by atoms with E-state index in [0.717, 1.165) is 4.88 Å². The molecule has 6 nitrogen and oxygen atoms in total. The van der Waals surface area contributed by atoms with Crippen LogP contribution in [-0.2, 0) is 21.2 Å². The summed E-state index contributed by atoms with van der Waals surface area (Å²) in [6.07, 6.45) is 1.97. The largest absolute Gasteiger partial charge is 0.506 e. The monoisotopic (exact) mass is 374 g/mol. The van der Waals surface area contributed by atoms with Crippen LogP contribution in [-0.4, -0.2) is 49.1 Å². The number of halogens is 1. The zero-order valence-corrected chi connectivity index (χ0v) is 14.5. The summed E-state index contributed by atoms with van der Waals surface area (Å²) in [6, 6.07) is 2.72. The van der Waals surface area contributed by atoms with Crippen LogP contribution in [0.5, 0.6) is 5.75 Å². The molecule has 1 aromatic carbocycles. The van der Waals surface area contributed by atoms with Gasteiger partial charge >= 0.3 is 0 Å². The number of ether oxygens (including phenoxy) is 1. The molecular formula is C14H15ClN2O4S2. The molecule has 1 aromatic heterocycles. The Balaban J connectivity index is 2.05. The Morgan fingerprint density at radius 2 is 2.09 bits per heavy atom.